The predicted octanol–water partition coefficient (Wildman–Crippen LogP) is 6.48. The highest BCUT2D eigenvalue weighted by molar-refractivity contribution is 7.53. The van der Waals surface area contributed by atoms with Crippen LogP contribution >= 0.6 is 30.8 Å². The fourth-order valence-corrected chi connectivity index (χ4v) is 5.33. The number of nitrogens with zero attached hydrogens (tertiary/aromatic N) is 2. The van der Waals surface area contributed by atoms with Gasteiger partial charge in [0, 0.05) is 27.7 Å². The maximum atomic E-state index is 12.8. The first-order valence-electron chi connectivity index (χ1n) is 9.58. The van der Waals surface area contributed by atoms with Gasteiger partial charge in [0.1, 0.15) is 0 Å². The Hall–Kier alpha value is -0.840. The van der Waals surface area contributed by atoms with Crippen LogP contribution in [0.3, 0.4) is 0 Å². The van der Waals surface area contributed by atoms with E-state index in [0.717, 1.165) is 22.5 Å². The van der Waals surface area contributed by atoms with Crippen molar-refractivity contribution in [1.29, 1.82) is 0 Å². The lowest BCUT2D eigenvalue weighted by atomic mass is 9.98. The molecule has 0 aliphatic carbocycles. The molecule has 1 aromatic heterocycles. The summed E-state index contributed by atoms with van der Waals surface area (Å²) in [7, 11) is -3.11. The van der Waals surface area contributed by atoms with Crippen LogP contribution in [0.25, 0.3) is 0 Å². The minimum atomic E-state index is -3.11. The molecule has 2 rings (SSSR count). The molecule has 0 fully saturated rings. The van der Waals surface area contributed by atoms with Crippen molar-refractivity contribution in [2.75, 3.05) is 19.4 Å². The molecule has 1 aromatic carbocycles. The monoisotopic (exact) mass is 446 g/mol. The highest BCUT2D eigenvalue weighted by atomic mass is 35.5. The molecule has 0 amide bonds. The van der Waals surface area contributed by atoms with E-state index in [1.165, 1.54) is 0 Å². The van der Waals surface area contributed by atoms with Gasteiger partial charge in [-0.25, -0.2) is 0 Å². The smallest absolute Gasteiger partial charge is 0.309 e. The van der Waals surface area contributed by atoms with Gasteiger partial charge >= 0.3 is 7.60 Å². The molecular weight excluding hydrogens is 418 g/mol. The molecule has 2 aromatic rings. The zero-order valence-electron chi connectivity index (χ0n) is 17.2. The van der Waals surface area contributed by atoms with Gasteiger partial charge in [-0.2, -0.15) is 5.10 Å². The minimum absolute atomic E-state index is 0.259. The Labute approximate surface area is 177 Å². The molecule has 0 radical (unpaired) electrons. The molecular formula is C20H29Cl2N2O3P. The summed E-state index contributed by atoms with van der Waals surface area (Å²) in [6, 6.07) is 5.57. The van der Waals surface area contributed by atoms with Crippen LogP contribution in [0.2, 0.25) is 10.0 Å². The summed E-state index contributed by atoms with van der Waals surface area (Å²) in [6.45, 7) is 11.1. The van der Waals surface area contributed by atoms with Crippen molar-refractivity contribution in [3.8, 4) is 0 Å². The summed E-state index contributed by atoms with van der Waals surface area (Å²) in [5, 5.41) is 6.03. The third-order valence-electron chi connectivity index (χ3n) is 4.45. The molecule has 0 N–H and O–H groups in total. The second kappa shape index (κ2) is 10.3. The Morgan fingerprint density at radius 2 is 1.68 bits per heavy atom. The third-order valence-corrected chi connectivity index (χ3v) is 6.94. The highest BCUT2D eigenvalue weighted by Crippen LogP contribution is 2.48. The molecule has 28 heavy (non-hydrogen) atoms. The van der Waals surface area contributed by atoms with E-state index >= 15 is 0 Å². The number of benzene rings is 1. The van der Waals surface area contributed by atoms with Crippen molar-refractivity contribution in [3.05, 3.63) is 50.8 Å². The first-order chi connectivity index (χ1) is 13.2. The molecule has 0 saturated carbocycles. The van der Waals surface area contributed by atoms with Crippen LogP contribution in [0.15, 0.2) is 18.2 Å². The van der Waals surface area contributed by atoms with E-state index in [1.54, 1.807) is 6.07 Å². The number of rotatable bonds is 10. The zero-order valence-corrected chi connectivity index (χ0v) is 19.6. The van der Waals surface area contributed by atoms with Crippen LogP contribution in [0.5, 0.6) is 0 Å². The summed E-state index contributed by atoms with van der Waals surface area (Å²) in [4.78, 5) is 0. The predicted molar refractivity (Wildman–Crippen MR) is 116 cm³/mol. The summed E-state index contributed by atoms with van der Waals surface area (Å²) in [6.07, 6.45) is 0.978. The lowest BCUT2D eigenvalue weighted by Gasteiger charge is -2.17. The Bertz CT molecular complexity index is 822. The maximum Gasteiger partial charge on any atom is 0.332 e. The second-order valence-corrected chi connectivity index (χ2v) is 10.0. The van der Waals surface area contributed by atoms with Crippen molar-refractivity contribution < 1.29 is 13.6 Å². The minimum Gasteiger partial charge on any atom is -0.309 e. The summed E-state index contributed by atoms with van der Waals surface area (Å²) < 4.78 is 25.5. The molecule has 5 nitrogen and oxygen atoms in total. The Balaban J connectivity index is 2.30. The van der Waals surface area contributed by atoms with Crippen LogP contribution in [0.1, 0.15) is 56.1 Å². The topological polar surface area (TPSA) is 53.4 Å². The van der Waals surface area contributed by atoms with Gasteiger partial charge in [-0.15, -0.1) is 0 Å². The van der Waals surface area contributed by atoms with Crippen molar-refractivity contribution in [2.45, 2.75) is 53.5 Å². The van der Waals surface area contributed by atoms with Crippen molar-refractivity contribution in [1.82, 2.24) is 9.78 Å². The number of halogens is 2. The van der Waals surface area contributed by atoms with E-state index in [4.69, 9.17) is 37.3 Å². The number of hydrogen-bond donors (Lipinski definition) is 0. The highest BCUT2D eigenvalue weighted by Gasteiger charge is 2.25. The Morgan fingerprint density at radius 3 is 2.18 bits per heavy atom. The molecule has 0 bridgehead atoms. The molecule has 0 aliphatic rings. The quantitative estimate of drug-likeness (QED) is 0.391. The molecule has 1 heterocycles. The van der Waals surface area contributed by atoms with Crippen LogP contribution in [0, 0.1) is 6.92 Å². The molecule has 0 spiro atoms. The van der Waals surface area contributed by atoms with Gasteiger partial charge in [0.15, 0.2) is 0 Å². The standard InChI is InChI=1S/C20H29Cl2N2O3P/c1-6-26-28(25,27-7-2)9-8-24-15(5)19(20(23-24)14(3)4)12-16-10-17(21)13-18(22)11-16/h10-11,13-14H,6-9,12H2,1-5H3. The fourth-order valence-electron chi connectivity index (χ4n) is 3.20. The normalized spacial score (nSPS) is 12.1. The van der Waals surface area contributed by atoms with Gasteiger partial charge in [-0.1, -0.05) is 37.0 Å². The average Bonchev–Trinajstić information content (AvgIpc) is 2.89. The van der Waals surface area contributed by atoms with Crippen LogP contribution < -0.4 is 0 Å². The van der Waals surface area contributed by atoms with Gasteiger partial charge in [0.25, 0.3) is 0 Å². The lowest BCUT2D eigenvalue weighted by molar-refractivity contribution is 0.218. The SMILES string of the molecule is CCOP(=O)(CCn1nc(C(C)C)c(Cc2cc(Cl)cc(Cl)c2)c1C)OCC. The largest absolute Gasteiger partial charge is 0.332 e. The van der Waals surface area contributed by atoms with E-state index in [2.05, 4.69) is 13.8 Å². The van der Waals surface area contributed by atoms with Gasteiger partial charge in [0.2, 0.25) is 0 Å². The van der Waals surface area contributed by atoms with Gasteiger partial charge in [-0.05, 0) is 50.5 Å². The average molecular weight is 447 g/mol. The number of aryl methyl sites for hydroxylation is 1. The van der Waals surface area contributed by atoms with Crippen molar-refractivity contribution >= 4 is 30.8 Å². The summed E-state index contributed by atoms with van der Waals surface area (Å²) in [5.41, 5.74) is 4.25. The first kappa shape index (κ1) is 23.4. The Kier molecular flexibility index (Phi) is 8.60. The number of aromatic nitrogens is 2. The fraction of sp³-hybridized carbons (Fsp3) is 0.550. The molecule has 0 aliphatic heterocycles. The van der Waals surface area contributed by atoms with Crippen LogP contribution in [-0.4, -0.2) is 29.2 Å². The summed E-state index contributed by atoms with van der Waals surface area (Å²) >= 11 is 12.3. The van der Waals surface area contributed by atoms with Gasteiger partial charge in [0.05, 0.1) is 31.6 Å². The summed E-state index contributed by atoms with van der Waals surface area (Å²) in [5.74, 6) is 0.259. The van der Waals surface area contributed by atoms with Crippen molar-refractivity contribution in [2.24, 2.45) is 0 Å². The first-order valence-corrected chi connectivity index (χ1v) is 12.1. The van der Waals surface area contributed by atoms with E-state index in [-0.39, 0.29) is 12.1 Å². The molecule has 0 unspecified atom stereocenters. The van der Waals surface area contributed by atoms with E-state index in [9.17, 15) is 4.57 Å². The van der Waals surface area contributed by atoms with Gasteiger partial charge in [-0.3, -0.25) is 9.25 Å². The van der Waals surface area contributed by atoms with Gasteiger partial charge < -0.3 is 9.05 Å². The van der Waals surface area contributed by atoms with E-state index in [1.807, 2.05) is 37.6 Å². The van der Waals surface area contributed by atoms with E-state index in [0.29, 0.717) is 36.2 Å². The Morgan fingerprint density at radius 1 is 1.11 bits per heavy atom. The molecule has 0 atom stereocenters. The molecule has 156 valence electrons. The third kappa shape index (κ3) is 6.08. The molecule has 0 saturated heterocycles. The number of hydrogen-bond acceptors (Lipinski definition) is 4. The lowest BCUT2D eigenvalue weighted by Crippen LogP contribution is -2.10. The van der Waals surface area contributed by atoms with Crippen LogP contribution in [-0.2, 0) is 26.6 Å². The van der Waals surface area contributed by atoms with Crippen molar-refractivity contribution in [3.63, 3.8) is 0 Å². The zero-order chi connectivity index (χ0) is 20.9. The second-order valence-electron chi connectivity index (χ2n) is 6.95. The van der Waals surface area contributed by atoms with E-state index < -0.39 is 7.60 Å². The maximum absolute atomic E-state index is 12.8. The molecule has 8 heteroatoms. The van der Waals surface area contributed by atoms with Crippen LogP contribution in [0.4, 0.5) is 0 Å².